The molecule has 0 radical (unpaired) electrons. The number of halogens is 1. The summed E-state index contributed by atoms with van der Waals surface area (Å²) in [5.74, 6) is 0.0924. The summed E-state index contributed by atoms with van der Waals surface area (Å²) in [5.41, 5.74) is 3.03. The molecular weight excluding hydrogens is 404 g/mol. The van der Waals surface area contributed by atoms with Crippen molar-refractivity contribution in [2.24, 2.45) is 10.9 Å². The number of esters is 1. The van der Waals surface area contributed by atoms with E-state index in [4.69, 9.17) is 4.74 Å². The SMILES string of the molecule is CCN(CC)Cc1ccc(N=Cc2cc(Br)cc(OC(=O)C(C)C)c2)cc1. The van der Waals surface area contributed by atoms with Crippen LogP contribution in [0.4, 0.5) is 5.69 Å². The van der Waals surface area contributed by atoms with E-state index in [0.717, 1.165) is 35.4 Å². The Hall–Kier alpha value is -1.98. The molecule has 0 bridgehead atoms. The zero-order valence-electron chi connectivity index (χ0n) is 16.4. The van der Waals surface area contributed by atoms with E-state index in [1.54, 1.807) is 12.3 Å². The molecule has 0 saturated heterocycles. The van der Waals surface area contributed by atoms with Gasteiger partial charge < -0.3 is 4.74 Å². The van der Waals surface area contributed by atoms with E-state index in [1.165, 1.54) is 5.56 Å². The largest absolute Gasteiger partial charge is 0.426 e. The summed E-state index contributed by atoms with van der Waals surface area (Å²) in [7, 11) is 0. The normalized spacial score (nSPS) is 11.5. The van der Waals surface area contributed by atoms with Crippen LogP contribution in [0.25, 0.3) is 0 Å². The van der Waals surface area contributed by atoms with Gasteiger partial charge in [0.05, 0.1) is 11.6 Å². The van der Waals surface area contributed by atoms with Gasteiger partial charge in [-0.25, -0.2) is 0 Å². The Morgan fingerprint density at radius 2 is 1.81 bits per heavy atom. The molecule has 0 unspecified atom stereocenters. The van der Waals surface area contributed by atoms with Gasteiger partial charge in [-0.3, -0.25) is 14.7 Å². The minimum atomic E-state index is -0.250. The van der Waals surface area contributed by atoms with Crippen LogP contribution in [-0.2, 0) is 11.3 Å². The Labute approximate surface area is 170 Å². The standard InChI is InChI=1S/C22H27BrN2O2/c1-5-25(6-2)15-17-7-9-20(10-8-17)24-14-18-11-19(23)13-21(12-18)27-22(26)16(3)4/h7-14,16H,5-6,15H2,1-4H3. The molecule has 0 N–H and O–H groups in total. The number of aliphatic imine (C=N–C) groups is 1. The molecule has 27 heavy (non-hydrogen) atoms. The van der Waals surface area contributed by atoms with Gasteiger partial charge in [0.15, 0.2) is 0 Å². The van der Waals surface area contributed by atoms with E-state index in [0.29, 0.717) is 5.75 Å². The number of carbonyl (C=O) groups excluding carboxylic acids is 1. The van der Waals surface area contributed by atoms with E-state index in [2.05, 4.69) is 51.8 Å². The lowest BCUT2D eigenvalue weighted by Crippen LogP contribution is -2.21. The van der Waals surface area contributed by atoms with Crippen molar-refractivity contribution in [2.45, 2.75) is 34.2 Å². The number of carbonyl (C=O) groups is 1. The van der Waals surface area contributed by atoms with Crippen LogP contribution in [0.15, 0.2) is 51.9 Å². The highest BCUT2D eigenvalue weighted by molar-refractivity contribution is 9.10. The van der Waals surface area contributed by atoms with Crippen molar-refractivity contribution in [3.8, 4) is 5.75 Å². The number of rotatable bonds is 8. The molecule has 0 aromatic heterocycles. The summed E-state index contributed by atoms with van der Waals surface area (Å²) in [6.45, 7) is 11.0. The molecule has 4 nitrogen and oxygen atoms in total. The second-order valence-corrected chi connectivity index (χ2v) is 7.60. The third kappa shape index (κ3) is 6.92. The van der Waals surface area contributed by atoms with Gasteiger partial charge in [-0.2, -0.15) is 0 Å². The third-order valence-corrected chi connectivity index (χ3v) is 4.64. The zero-order chi connectivity index (χ0) is 19.8. The summed E-state index contributed by atoms with van der Waals surface area (Å²) in [4.78, 5) is 18.7. The van der Waals surface area contributed by atoms with Gasteiger partial charge >= 0.3 is 5.97 Å². The van der Waals surface area contributed by atoms with Gasteiger partial charge in [-0.15, -0.1) is 0 Å². The second kappa shape index (κ2) is 10.4. The predicted molar refractivity (Wildman–Crippen MR) is 115 cm³/mol. The molecule has 0 aliphatic carbocycles. The number of nitrogens with zero attached hydrogens (tertiary/aromatic N) is 2. The molecule has 0 fully saturated rings. The van der Waals surface area contributed by atoms with E-state index in [9.17, 15) is 4.79 Å². The highest BCUT2D eigenvalue weighted by Crippen LogP contribution is 2.22. The molecular formula is C22H27BrN2O2. The van der Waals surface area contributed by atoms with Crippen molar-refractivity contribution in [2.75, 3.05) is 13.1 Å². The van der Waals surface area contributed by atoms with Crippen LogP contribution in [0, 0.1) is 5.92 Å². The summed E-state index contributed by atoms with van der Waals surface area (Å²) in [6, 6.07) is 13.8. The van der Waals surface area contributed by atoms with Crippen LogP contribution >= 0.6 is 15.9 Å². The van der Waals surface area contributed by atoms with Crippen molar-refractivity contribution in [3.05, 3.63) is 58.1 Å². The molecule has 0 saturated carbocycles. The molecule has 0 aliphatic heterocycles. The highest BCUT2D eigenvalue weighted by atomic mass is 79.9. The minimum Gasteiger partial charge on any atom is -0.426 e. The Morgan fingerprint density at radius 3 is 2.41 bits per heavy atom. The van der Waals surface area contributed by atoms with Crippen molar-refractivity contribution >= 4 is 33.8 Å². The van der Waals surface area contributed by atoms with Crippen LogP contribution in [0.2, 0.25) is 0 Å². The van der Waals surface area contributed by atoms with Crippen LogP contribution < -0.4 is 4.74 Å². The Morgan fingerprint density at radius 1 is 1.15 bits per heavy atom. The van der Waals surface area contributed by atoms with E-state index < -0.39 is 0 Å². The maximum atomic E-state index is 11.8. The summed E-state index contributed by atoms with van der Waals surface area (Å²) >= 11 is 3.45. The Kier molecular flexibility index (Phi) is 8.20. The monoisotopic (exact) mass is 430 g/mol. The van der Waals surface area contributed by atoms with E-state index >= 15 is 0 Å². The Bertz CT molecular complexity index is 781. The number of hydrogen-bond acceptors (Lipinski definition) is 4. The fourth-order valence-corrected chi connectivity index (χ4v) is 2.98. The summed E-state index contributed by atoms with van der Waals surface area (Å²) < 4.78 is 6.23. The summed E-state index contributed by atoms with van der Waals surface area (Å²) in [5, 5.41) is 0. The zero-order valence-corrected chi connectivity index (χ0v) is 18.0. The lowest BCUT2D eigenvalue weighted by Gasteiger charge is -2.17. The molecule has 2 aromatic carbocycles. The van der Waals surface area contributed by atoms with Gasteiger partial charge in [0.2, 0.25) is 0 Å². The first-order valence-corrected chi connectivity index (χ1v) is 10.1. The minimum absolute atomic E-state index is 0.170. The summed E-state index contributed by atoms with van der Waals surface area (Å²) in [6.07, 6.45) is 1.77. The number of ether oxygens (including phenoxy) is 1. The van der Waals surface area contributed by atoms with Crippen LogP contribution in [0.3, 0.4) is 0 Å². The first kappa shape index (κ1) is 21.3. The molecule has 0 amide bonds. The maximum absolute atomic E-state index is 11.8. The highest BCUT2D eigenvalue weighted by Gasteiger charge is 2.10. The lowest BCUT2D eigenvalue weighted by molar-refractivity contribution is -0.137. The predicted octanol–water partition coefficient (Wildman–Crippen LogP) is 5.60. The topological polar surface area (TPSA) is 41.9 Å². The van der Waals surface area contributed by atoms with Crippen LogP contribution in [0.5, 0.6) is 5.75 Å². The fraction of sp³-hybridized carbons (Fsp3) is 0.364. The van der Waals surface area contributed by atoms with Crippen molar-refractivity contribution in [3.63, 3.8) is 0 Å². The Balaban J connectivity index is 2.08. The van der Waals surface area contributed by atoms with Crippen LogP contribution in [0.1, 0.15) is 38.8 Å². The maximum Gasteiger partial charge on any atom is 0.313 e. The smallest absolute Gasteiger partial charge is 0.313 e. The molecule has 0 aliphatic rings. The van der Waals surface area contributed by atoms with Gasteiger partial charge in [-0.05, 0) is 54.5 Å². The number of benzene rings is 2. The molecule has 2 rings (SSSR count). The van der Waals surface area contributed by atoms with Gasteiger partial charge in [0.1, 0.15) is 5.75 Å². The average Bonchev–Trinajstić information content (AvgIpc) is 2.64. The van der Waals surface area contributed by atoms with Gasteiger partial charge in [0.25, 0.3) is 0 Å². The molecule has 0 atom stereocenters. The van der Waals surface area contributed by atoms with Crippen molar-refractivity contribution in [1.29, 1.82) is 0 Å². The molecule has 0 spiro atoms. The first-order chi connectivity index (χ1) is 12.9. The average molecular weight is 431 g/mol. The quantitative estimate of drug-likeness (QED) is 0.310. The molecule has 5 heteroatoms. The molecule has 0 heterocycles. The number of hydrogen-bond donors (Lipinski definition) is 0. The molecule has 2 aromatic rings. The van der Waals surface area contributed by atoms with Crippen molar-refractivity contribution in [1.82, 2.24) is 4.90 Å². The van der Waals surface area contributed by atoms with Gasteiger partial charge in [0, 0.05) is 17.2 Å². The van der Waals surface area contributed by atoms with Gasteiger partial charge in [-0.1, -0.05) is 55.8 Å². The van der Waals surface area contributed by atoms with E-state index in [-0.39, 0.29) is 11.9 Å². The van der Waals surface area contributed by atoms with Crippen molar-refractivity contribution < 1.29 is 9.53 Å². The first-order valence-electron chi connectivity index (χ1n) is 9.29. The van der Waals surface area contributed by atoms with E-state index in [1.807, 2.05) is 38.1 Å². The lowest BCUT2D eigenvalue weighted by atomic mass is 10.2. The third-order valence-electron chi connectivity index (χ3n) is 4.18. The van der Waals surface area contributed by atoms with Crippen LogP contribution in [-0.4, -0.2) is 30.2 Å². The fourth-order valence-electron chi connectivity index (χ4n) is 2.49. The second-order valence-electron chi connectivity index (χ2n) is 6.68. The molecule has 144 valence electrons.